The quantitative estimate of drug-likeness (QED) is 0.591. The van der Waals surface area contributed by atoms with Crippen molar-refractivity contribution < 1.29 is 13.9 Å². The van der Waals surface area contributed by atoms with Gasteiger partial charge in [-0.25, -0.2) is 9.37 Å². The van der Waals surface area contributed by atoms with Gasteiger partial charge in [-0.1, -0.05) is 11.6 Å². The molecule has 2 aromatic carbocycles. The van der Waals surface area contributed by atoms with Gasteiger partial charge in [-0.3, -0.25) is 4.79 Å². The van der Waals surface area contributed by atoms with Crippen LogP contribution in [0.3, 0.4) is 0 Å². The molecule has 0 unspecified atom stereocenters. The van der Waals surface area contributed by atoms with Gasteiger partial charge >= 0.3 is 0 Å². The molecule has 5 nitrogen and oxygen atoms in total. The van der Waals surface area contributed by atoms with Gasteiger partial charge in [0.05, 0.1) is 25.5 Å². The Kier molecular flexibility index (Phi) is 6.08. The van der Waals surface area contributed by atoms with Crippen molar-refractivity contribution in [2.75, 3.05) is 36.1 Å². The number of carbonyl (C=O) groups is 1. The Balaban J connectivity index is 1.60. The number of amides is 1. The van der Waals surface area contributed by atoms with E-state index in [9.17, 15) is 9.18 Å². The van der Waals surface area contributed by atoms with Gasteiger partial charge in [-0.05, 0) is 48.5 Å². The first-order valence-electron chi connectivity index (χ1n) is 9.20. The Morgan fingerprint density at radius 2 is 1.83 bits per heavy atom. The number of morpholine rings is 1. The fourth-order valence-electron chi connectivity index (χ4n) is 3.08. The average Bonchev–Trinajstić information content (AvgIpc) is 3.22. The van der Waals surface area contributed by atoms with Gasteiger partial charge < -0.3 is 14.5 Å². The SMILES string of the molecule is O=C(c1ccc(Cl)cc1)N(Cc1csc(N2CCOCC2)n1)c1ccc(F)cc1. The van der Waals surface area contributed by atoms with E-state index in [1.54, 1.807) is 52.6 Å². The van der Waals surface area contributed by atoms with Crippen LogP contribution in [-0.4, -0.2) is 37.2 Å². The summed E-state index contributed by atoms with van der Waals surface area (Å²) in [5.41, 5.74) is 1.89. The maximum Gasteiger partial charge on any atom is 0.258 e. The zero-order valence-electron chi connectivity index (χ0n) is 15.6. The largest absolute Gasteiger partial charge is 0.378 e. The minimum absolute atomic E-state index is 0.200. The van der Waals surface area contributed by atoms with E-state index in [0.29, 0.717) is 29.5 Å². The molecule has 1 aromatic heterocycles. The predicted molar refractivity (Wildman–Crippen MR) is 114 cm³/mol. The standard InChI is InChI=1S/C21H19ClFN3O2S/c22-16-3-1-15(2-4-16)20(27)26(19-7-5-17(23)6-8-19)13-18-14-29-21(24-18)25-9-11-28-12-10-25/h1-8,14H,9-13H2. The van der Waals surface area contributed by atoms with Crippen molar-refractivity contribution in [2.24, 2.45) is 0 Å². The molecule has 0 atom stereocenters. The number of carbonyl (C=O) groups excluding carboxylic acids is 1. The molecule has 2 heterocycles. The lowest BCUT2D eigenvalue weighted by atomic mass is 10.1. The first kappa shape index (κ1) is 19.8. The molecule has 8 heteroatoms. The minimum atomic E-state index is -0.351. The number of benzene rings is 2. The maximum atomic E-state index is 13.4. The van der Waals surface area contributed by atoms with E-state index < -0.39 is 0 Å². The van der Waals surface area contributed by atoms with E-state index >= 15 is 0 Å². The highest BCUT2D eigenvalue weighted by Gasteiger charge is 2.21. The number of hydrogen-bond acceptors (Lipinski definition) is 5. The molecule has 0 N–H and O–H groups in total. The number of halogens is 2. The van der Waals surface area contributed by atoms with Crippen molar-refractivity contribution >= 4 is 39.7 Å². The molecule has 0 aliphatic carbocycles. The first-order chi connectivity index (χ1) is 14.1. The van der Waals surface area contributed by atoms with Crippen LogP contribution in [-0.2, 0) is 11.3 Å². The summed E-state index contributed by atoms with van der Waals surface area (Å²) in [5, 5.41) is 3.43. The summed E-state index contributed by atoms with van der Waals surface area (Å²) in [5.74, 6) is -0.551. The van der Waals surface area contributed by atoms with Crippen LogP contribution in [0.25, 0.3) is 0 Å². The molecular formula is C21H19ClFN3O2S. The molecule has 1 aliphatic rings. The van der Waals surface area contributed by atoms with Crippen LogP contribution >= 0.6 is 22.9 Å². The van der Waals surface area contributed by atoms with Crippen LogP contribution in [0.4, 0.5) is 15.2 Å². The van der Waals surface area contributed by atoms with Gasteiger partial charge in [0.15, 0.2) is 5.13 Å². The Labute approximate surface area is 177 Å². The molecule has 0 bridgehead atoms. The lowest BCUT2D eigenvalue weighted by Crippen LogP contribution is -2.36. The van der Waals surface area contributed by atoms with Gasteiger partial charge in [-0.2, -0.15) is 0 Å². The number of anilines is 2. The van der Waals surface area contributed by atoms with E-state index in [4.69, 9.17) is 21.3 Å². The molecule has 150 valence electrons. The molecule has 1 saturated heterocycles. The minimum Gasteiger partial charge on any atom is -0.378 e. The van der Waals surface area contributed by atoms with Crippen LogP contribution in [0, 0.1) is 5.82 Å². The summed E-state index contributed by atoms with van der Waals surface area (Å²) >= 11 is 7.50. The van der Waals surface area contributed by atoms with Crippen molar-refractivity contribution in [2.45, 2.75) is 6.54 Å². The second kappa shape index (κ2) is 8.90. The summed E-state index contributed by atoms with van der Waals surface area (Å²) in [6.07, 6.45) is 0. The molecule has 3 aromatic rings. The lowest BCUT2D eigenvalue weighted by Gasteiger charge is -2.26. The van der Waals surface area contributed by atoms with E-state index in [-0.39, 0.29) is 18.3 Å². The fourth-order valence-corrected chi connectivity index (χ4v) is 4.08. The molecule has 1 fully saturated rings. The van der Waals surface area contributed by atoms with Gasteiger partial charge in [0.1, 0.15) is 5.82 Å². The third kappa shape index (κ3) is 4.75. The van der Waals surface area contributed by atoms with Crippen molar-refractivity contribution in [1.29, 1.82) is 0 Å². The Bertz CT molecular complexity index is 972. The summed E-state index contributed by atoms with van der Waals surface area (Å²) in [7, 11) is 0. The smallest absolute Gasteiger partial charge is 0.258 e. The van der Waals surface area contributed by atoms with E-state index in [1.807, 2.05) is 5.38 Å². The van der Waals surface area contributed by atoms with Crippen LogP contribution in [0.1, 0.15) is 16.1 Å². The molecule has 0 spiro atoms. The third-order valence-corrected chi connectivity index (χ3v) is 5.82. The average molecular weight is 432 g/mol. The van der Waals surface area contributed by atoms with Crippen LogP contribution < -0.4 is 9.80 Å². The van der Waals surface area contributed by atoms with Crippen LogP contribution in [0.5, 0.6) is 0 Å². The topological polar surface area (TPSA) is 45.7 Å². The van der Waals surface area contributed by atoms with Gasteiger partial charge in [0, 0.05) is 34.7 Å². The zero-order chi connectivity index (χ0) is 20.2. The lowest BCUT2D eigenvalue weighted by molar-refractivity contribution is 0.0985. The van der Waals surface area contributed by atoms with E-state index in [0.717, 1.165) is 23.9 Å². The van der Waals surface area contributed by atoms with E-state index in [2.05, 4.69) is 4.90 Å². The summed E-state index contributed by atoms with van der Waals surface area (Å²) < 4.78 is 18.8. The molecule has 1 amide bonds. The Morgan fingerprint density at radius 1 is 1.14 bits per heavy atom. The first-order valence-corrected chi connectivity index (χ1v) is 10.5. The second-order valence-corrected chi connectivity index (χ2v) is 7.87. The molecule has 29 heavy (non-hydrogen) atoms. The molecule has 0 radical (unpaired) electrons. The fraction of sp³-hybridized carbons (Fsp3) is 0.238. The maximum absolute atomic E-state index is 13.4. The normalized spacial score (nSPS) is 14.1. The third-order valence-electron chi connectivity index (χ3n) is 4.62. The summed E-state index contributed by atoms with van der Waals surface area (Å²) in [6.45, 7) is 3.27. The number of hydrogen-bond donors (Lipinski definition) is 0. The number of ether oxygens (including phenoxy) is 1. The highest BCUT2D eigenvalue weighted by atomic mass is 35.5. The highest BCUT2D eigenvalue weighted by Crippen LogP contribution is 2.26. The van der Waals surface area contributed by atoms with Crippen LogP contribution in [0.15, 0.2) is 53.9 Å². The number of thiazole rings is 1. The summed E-state index contributed by atoms with van der Waals surface area (Å²) in [6, 6.07) is 12.6. The Morgan fingerprint density at radius 3 is 2.52 bits per heavy atom. The van der Waals surface area contributed by atoms with Gasteiger partial charge in [0.25, 0.3) is 5.91 Å². The van der Waals surface area contributed by atoms with Crippen molar-refractivity contribution in [3.05, 3.63) is 76.0 Å². The second-order valence-electron chi connectivity index (χ2n) is 6.60. The summed E-state index contributed by atoms with van der Waals surface area (Å²) in [4.78, 5) is 21.7. The monoisotopic (exact) mass is 431 g/mol. The number of rotatable bonds is 5. The number of nitrogens with zero attached hydrogens (tertiary/aromatic N) is 3. The van der Waals surface area contributed by atoms with Gasteiger partial charge in [-0.15, -0.1) is 11.3 Å². The zero-order valence-corrected chi connectivity index (χ0v) is 17.1. The van der Waals surface area contributed by atoms with Crippen molar-refractivity contribution in [1.82, 2.24) is 4.98 Å². The van der Waals surface area contributed by atoms with Gasteiger partial charge in [0.2, 0.25) is 0 Å². The van der Waals surface area contributed by atoms with Crippen molar-refractivity contribution in [3.63, 3.8) is 0 Å². The highest BCUT2D eigenvalue weighted by molar-refractivity contribution is 7.13. The molecule has 1 aliphatic heterocycles. The van der Waals surface area contributed by atoms with E-state index in [1.165, 1.54) is 12.1 Å². The van der Waals surface area contributed by atoms with Crippen LogP contribution in [0.2, 0.25) is 5.02 Å². The predicted octanol–water partition coefficient (Wildman–Crippen LogP) is 4.62. The Hall–Kier alpha value is -2.48. The molecule has 0 saturated carbocycles. The number of aromatic nitrogens is 1. The molecular weight excluding hydrogens is 413 g/mol. The molecule has 4 rings (SSSR count). The van der Waals surface area contributed by atoms with Crippen molar-refractivity contribution in [3.8, 4) is 0 Å².